The van der Waals surface area contributed by atoms with E-state index >= 15 is 0 Å². The molecule has 2 N–H and O–H groups in total. The van der Waals surface area contributed by atoms with Gasteiger partial charge in [-0.1, -0.05) is 23.8 Å². The molecule has 0 spiro atoms. The highest BCUT2D eigenvalue weighted by Crippen LogP contribution is 2.32. The number of hydrogen-bond acceptors (Lipinski definition) is 6. The van der Waals surface area contributed by atoms with Gasteiger partial charge in [-0.3, -0.25) is 9.52 Å². The Morgan fingerprint density at radius 1 is 1.00 bits per heavy atom. The lowest BCUT2D eigenvalue weighted by atomic mass is 10.1. The maximum Gasteiger partial charge on any atom is 0.262 e. The summed E-state index contributed by atoms with van der Waals surface area (Å²) in [6.45, 7) is 3.38. The van der Waals surface area contributed by atoms with Crippen LogP contribution in [0.3, 0.4) is 0 Å². The second-order valence-corrected chi connectivity index (χ2v) is 9.85. The highest BCUT2D eigenvalue weighted by molar-refractivity contribution is 7.92. The van der Waals surface area contributed by atoms with Gasteiger partial charge in [0.05, 0.1) is 25.2 Å². The number of hydrogen-bond donors (Lipinski definition) is 2. The van der Waals surface area contributed by atoms with E-state index in [4.69, 9.17) is 14.2 Å². The maximum atomic E-state index is 13.0. The van der Waals surface area contributed by atoms with Crippen LogP contribution in [0.25, 0.3) is 0 Å². The van der Waals surface area contributed by atoms with Gasteiger partial charge in [-0.25, -0.2) is 8.42 Å². The van der Waals surface area contributed by atoms with Gasteiger partial charge in [-0.2, -0.15) is 0 Å². The average molecular weight is 497 g/mol. The Balaban J connectivity index is 1.42. The van der Waals surface area contributed by atoms with Crippen LogP contribution in [0.1, 0.15) is 27.9 Å². The van der Waals surface area contributed by atoms with Crippen LogP contribution in [0.4, 0.5) is 5.69 Å². The van der Waals surface area contributed by atoms with E-state index in [9.17, 15) is 13.2 Å². The first-order chi connectivity index (χ1) is 16.9. The van der Waals surface area contributed by atoms with Gasteiger partial charge in [0.15, 0.2) is 11.5 Å². The molecular weight excluding hydrogens is 468 g/mol. The molecule has 3 aromatic rings. The van der Waals surface area contributed by atoms with E-state index in [1.807, 2.05) is 25.1 Å². The summed E-state index contributed by atoms with van der Waals surface area (Å²) >= 11 is 0. The highest BCUT2D eigenvalue weighted by atomic mass is 32.2. The molecule has 0 unspecified atom stereocenters. The number of rotatable bonds is 8. The topological polar surface area (TPSA) is 103 Å². The minimum atomic E-state index is -3.90. The molecule has 3 aromatic carbocycles. The summed E-state index contributed by atoms with van der Waals surface area (Å²) in [6.07, 6.45) is 1.33. The summed E-state index contributed by atoms with van der Waals surface area (Å²) in [5.41, 5.74) is 2.75. The van der Waals surface area contributed by atoms with Gasteiger partial charge in [-0.15, -0.1) is 0 Å². The molecule has 0 fully saturated rings. The Morgan fingerprint density at radius 3 is 2.60 bits per heavy atom. The summed E-state index contributed by atoms with van der Waals surface area (Å²) in [7, 11) is -2.28. The molecule has 1 aliphatic rings. The number of ether oxygens (including phenoxy) is 3. The smallest absolute Gasteiger partial charge is 0.262 e. The molecule has 1 amide bonds. The lowest BCUT2D eigenvalue weighted by Gasteiger charge is -2.13. The number of sulfonamides is 1. The van der Waals surface area contributed by atoms with E-state index in [1.165, 1.54) is 18.2 Å². The van der Waals surface area contributed by atoms with Gasteiger partial charge >= 0.3 is 0 Å². The zero-order chi connectivity index (χ0) is 24.8. The summed E-state index contributed by atoms with van der Waals surface area (Å²) in [5, 5.41) is 2.88. The van der Waals surface area contributed by atoms with Crippen LogP contribution in [0.15, 0.2) is 65.6 Å². The molecule has 8 nitrogen and oxygen atoms in total. The number of amides is 1. The third kappa shape index (κ3) is 6.05. The number of anilines is 1. The molecule has 35 heavy (non-hydrogen) atoms. The van der Waals surface area contributed by atoms with E-state index in [1.54, 1.807) is 31.4 Å². The largest absolute Gasteiger partial charge is 0.496 e. The maximum absolute atomic E-state index is 13.0. The summed E-state index contributed by atoms with van der Waals surface area (Å²) in [6, 6.07) is 16.8. The molecule has 0 saturated heterocycles. The van der Waals surface area contributed by atoms with Crippen LogP contribution in [-0.2, 0) is 16.4 Å². The molecule has 0 bridgehead atoms. The number of methoxy groups -OCH3 is 1. The van der Waals surface area contributed by atoms with Gasteiger partial charge in [0.25, 0.3) is 15.9 Å². The standard InChI is InChI=1S/C26H28N2O6S/c1-18-7-9-23(32-2)19(15-18)11-12-27-26(29)20-5-3-6-21(16-20)28-35(30,31)22-8-10-24-25(17-22)34-14-4-13-33-24/h3,5-10,15-17,28H,4,11-14H2,1-2H3,(H,27,29). The highest BCUT2D eigenvalue weighted by Gasteiger charge is 2.19. The molecule has 9 heteroatoms. The summed E-state index contributed by atoms with van der Waals surface area (Å²) in [5.74, 6) is 1.39. The first-order valence-corrected chi connectivity index (χ1v) is 12.8. The van der Waals surface area contributed by atoms with Crippen molar-refractivity contribution in [1.29, 1.82) is 0 Å². The number of benzene rings is 3. The normalized spacial score (nSPS) is 13.0. The van der Waals surface area contributed by atoms with E-state index in [0.29, 0.717) is 43.2 Å². The first-order valence-electron chi connectivity index (χ1n) is 11.3. The lowest BCUT2D eigenvalue weighted by Crippen LogP contribution is -2.26. The van der Waals surface area contributed by atoms with Crippen molar-refractivity contribution < 1.29 is 27.4 Å². The fourth-order valence-corrected chi connectivity index (χ4v) is 4.83. The second-order valence-electron chi connectivity index (χ2n) is 8.17. The van der Waals surface area contributed by atoms with Crippen LogP contribution in [0.2, 0.25) is 0 Å². The zero-order valence-corrected chi connectivity index (χ0v) is 20.5. The Kier molecular flexibility index (Phi) is 7.45. The quantitative estimate of drug-likeness (QED) is 0.490. The minimum absolute atomic E-state index is 0.0451. The molecule has 0 saturated carbocycles. The minimum Gasteiger partial charge on any atom is -0.496 e. The van der Waals surface area contributed by atoms with Gasteiger partial charge in [0.1, 0.15) is 5.75 Å². The summed E-state index contributed by atoms with van der Waals surface area (Å²) < 4.78 is 45.0. The van der Waals surface area contributed by atoms with Gasteiger partial charge in [-0.05, 0) is 55.3 Å². The Bertz CT molecular complexity index is 1320. The third-order valence-electron chi connectivity index (χ3n) is 5.52. The average Bonchev–Trinajstić information content (AvgIpc) is 3.09. The van der Waals surface area contributed by atoms with Crippen molar-refractivity contribution >= 4 is 21.6 Å². The number of carbonyl (C=O) groups excluding carboxylic acids is 1. The van der Waals surface area contributed by atoms with E-state index in [-0.39, 0.29) is 16.5 Å². The number of fused-ring (bicyclic) bond motifs is 1. The SMILES string of the molecule is COc1ccc(C)cc1CCNC(=O)c1cccc(NS(=O)(=O)c2ccc3c(c2)OCCCO3)c1. The van der Waals surface area contributed by atoms with Crippen molar-refractivity contribution in [3.63, 3.8) is 0 Å². The molecule has 0 aromatic heterocycles. The zero-order valence-electron chi connectivity index (χ0n) is 19.7. The number of nitrogens with one attached hydrogen (secondary N) is 2. The van der Waals surface area contributed by atoms with Crippen LogP contribution >= 0.6 is 0 Å². The molecule has 184 valence electrons. The number of aryl methyl sites for hydroxylation is 1. The van der Waals surface area contributed by atoms with E-state index in [2.05, 4.69) is 10.0 Å². The fourth-order valence-electron chi connectivity index (χ4n) is 3.76. The molecule has 4 rings (SSSR count). The molecular formula is C26H28N2O6S. The molecule has 0 atom stereocenters. The second kappa shape index (κ2) is 10.7. The predicted octanol–water partition coefficient (Wildman–Crippen LogP) is 3.94. The third-order valence-corrected chi connectivity index (χ3v) is 6.90. The number of carbonyl (C=O) groups is 1. The van der Waals surface area contributed by atoms with Crippen molar-refractivity contribution in [3.05, 3.63) is 77.4 Å². The van der Waals surface area contributed by atoms with Gasteiger partial charge in [0.2, 0.25) is 0 Å². The van der Waals surface area contributed by atoms with Crippen molar-refractivity contribution in [2.75, 3.05) is 31.6 Å². The lowest BCUT2D eigenvalue weighted by molar-refractivity contribution is 0.0954. The van der Waals surface area contributed by atoms with Crippen LogP contribution < -0.4 is 24.2 Å². The van der Waals surface area contributed by atoms with Crippen LogP contribution in [-0.4, -0.2) is 41.2 Å². The van der Waals surface area contributed by atoms with E-state index in [0.717, 1.165) is 23.3 Å². The fraction of sp³-hybridized carbons (Fsp3) is 0.269. The van der Waals surface area contributed by atoms with Gasteiger partial charge in [0, 0.05) is 30.3 Å². The van der Waals surface area contributed by atoms with Crippen molar-refractivity contribution in [2.24, 2.45) is 0 Å². The van der Waals surface area contributed by atoms with Crippen molar-refractivity contribution in [3.8, 4) is 17.2 Å². The Hall–Kier alpha value is -3.72. The molecule has 1 aliphatic heterocycles. The van der Waals surface area contributed by atoms with Crippen molar-refractivity contribution in [1.82, 2.24) is 5.32 Å². The van der Waals surface area contributed by atoms with Gasteiger partial charge < -0.3 is 19.5 Å². The summed E-state index contributed by atoms with van der Waals surface area (Å²) in [4.78, 5) is 12.7. The van der Waals surface area contributed by atoms with E-state index < -0.39 is 10.0 Å². The van der Waals surface area contributed by atoms with Crippen molar-refractivity contribution in [2.45, 2.75) is 24.7 Å². The molecule has 1 heterocycles. The Morgan fingerprint density at radius 2 is 1.80 bits per heavy atom. The predicted molar refractivity (Wildman–Crippen MR) is 133 cm³/mol. The van der Waals surface area contributed by atoms with Crippen LogP contribution in [0.5, 0.6) is 17.2 Å². The van der Waals surface area contributed by atoms with Crippen LogP contribution in [0, 0.1) is 6.92 Å². The monoisotopic (exact) mass is 496 g/mol. The molecule has 0 radical (unpaired) electrons. The first kappa shape index (κ1) is 24.4. The molecule has 0 aliphatic carbocycles. The Labute approximate surface area is 205 Å².